The first kappa shape index (κ1) is 17.4. The number of hydrogen-bond acceptors (Lipinski definition) is 5. The maximum Gasteiger partial charge on any atom is 0.306 e. The van der Waals surface area contributed by atoms with Gasteiger partial charge in [0.2, 0.25) is 0 Å². The van der Waals surface area contributed by atoms with E-state index in [0.29, 0.717) is 12.3 Å². The second-order valence-electron chi connectivity index (χ2n) is 6.53. The van der Waals surface area contributed by atoms with Gasteiger partial charge in [-0.3, -0.25) is 14.9 Å². The Bertz CT molecular complexity index is 548. The van der Waals surface area contributed by atoms with Crippen LogP contribution in [0.4, 0.5) is 5.69 Å². The Morgan fingerprint density at radius 1 is 1.30 bits per heavy atom. The van der Waals surface area contributed by atoms with E-state index in [1.54, 1.807) is 12.1 Å². The normalized spacial score (nSPS) is 16.1. The molecule has 0 saturated carbocycles. The summed E-state index contributed by atoms with van der Waals surface area (Å²) in [5, 5.41) is 13.9. The lowest BCUT2D eigenvalue weighted by molar-refractivity contribution is -0.384. The number of rotatable bonds is 6. The van der Waals surface area contributed by atoms with Gasteiger partial charge >= 0.3 is 5.97 Å². The zero-order chi connectivity index (χ0) is 16.9. The van der Waals surface area contributed by atoms with E-state index in [4.69, 9.17) is 4.74 Å². The first-order chi connectivity index (χ1) is 10.9. The van der Waals surface area contributed by atoms with E-state index < -0.39 is 10.5 Å². The molecule has 1 fully saturated rings. The number of nitro groups is 1. The van der Waals surface area contributed by atoms with Crippen molar-refractivity contribution in [3.05, 3.63) is 39.9 Å². The van der Waals surface area contributed by atoms with Crippen molar-refractivity contribution < 1.29 is 14.5 Å². The SMILES string of the molecule is CC(C)(OC(=O)CCc1ccc([N+](=O)[O-])cc1)C1CCNCC1. The van der Waals surface area contributed by atoms with Gasteiger partial charge in [0.25, 0.3) is 5.69 Å². The molecule has 1 heterocycles. The van der Waals surface area contributed by atoms with Gasteiger partial charge in [0.1, 0.15) is 5.60 Å². The Balaban J connectivity index is 1.83. The van der Waals surface area contributed by atoms with Gasteiger partial charge < -0.3 is 10.1 Å². The fourth-order valence-corrected chi connectivity index (χ4v) is 2.98. The number of nitrogens with one attached hydrogen (secondary N) is 1. The largest absolute Gasteiger partial charge is 0.459 e. The molecule has 23 heavy (non-hydrogen) atoms. The topological polar surface area (TPSA) is 81.5 Å². The van der Waals surface area contributed by atoms with Crippen molar-refractivity contribution in [2.45, 2.75) is 45.1 Å². The van der Waals surface area contributed by atoms with E-state index in [0.717, 1.165) is 31.5 Å². The van der Waals surface area contributed by atoms with Crippen LogP contribution in [0, 0.1) is 16.0 Å². The zero-order valence-electron chi connectivity index (χ0n) is 13.7. The van der Waals surface area contributed by atoms with Gasteiger partial charge in [-0.15, -0.1) is 0 Å². The minimum absolute atomic E-state index is 0.0587. The summed E-state index contributed by atoms with van der Waals surface area (Å²) in [5.41, 5.74) is 0.505. The number of nitrogens with zero attached hydrogens (tertiary/aromatic N) is 1. The van der Waals surface area contributed by atoms with Gasteiger partial charge in [-0.25, -0.2) is 0 Å². The summed E-state index contributed by atoms with van der Waals surface area (Å²) < 4.78 is 5.69. The van der Waals surface area contributed by atoms with E-state index in [-0.39, 0.29) is 18.1 Å². The van der Waals surface area contributed by atoms with Crippen LogP contribution in [0.15, 0.2) is 24.3 Å². The van der Waals surface area contributed by atoms with Gasteiger partial charge in [-0.2, -0.15) is 0 Å². The number of aryl methyl sites for hydroxylation is 1. The summed E-state index contributed by atoms with van der Waals surface area (Å²) in [5.74, 6) is 0.166. The minimum Gasteiger partial charge on any atom is -0.459 e. The maximum atomic E-state index is 12.1. The van der Waals surface area contributed by atoms with Crippen molar-refractivity contribution in [1.29, 1.82) is 0 Å². The quantitative estimate of drug-likeness (QED) is 0.495. The van der Waals surface area contributed by atoms with E-state index in [9.17, 15) is 14.9 Å². The first-order valence-electron chi connectivity index (χ1n) is 8.04. The smallest absolute Gasteiger partial charge is 0.306 e. The first-order valence-corrected chi connectivity index (χ1v) is 8.04. The second-order valence-corrected chi connectivity index (χ2v) is 6.53. The van der Waals surface area contributed by atoms with Gasteiger partial charge in [-0.05, 0) is 51.8 Å². The zero-order valence-corrected chi connectivity index (χ0v) is 13.7. The van der Waals surface area contributed by atoms with Crippen LogP contribution in [0.2, 0.25) is 0 Å². The summed E-state index contributed by atoms with van der Waals surface area (Å²) in [6, 6.07) is 6.28. The van der Waals surface area contributed by atoms with Crippen molar-refractivity contribution in [3.8, 4) is 0 Å². The molecule has 0 spiro atoms. The lowest BCUT2D eigenvalue weighted by Gasteiger charge is -2.36. The predicted molar refractivity (Wildman–Crippen MR) is 87.2 cm³/mol. The van der Waals surface area contributed by atoms with Crippen LogP contribution in [-0.2, 0) is 16.0 Å². The number of ether oxygens (including phenoxy) is 1. The van der Waals surface area contributed by atoms with Crippen LogP contribution in [0.3, 0.4) is 0 Å². The van der Waals surface area contributed by atoms with Crippen LogP contribution >= 0.6 is 0 Å². The maximum absolute atomic E-state index is 12.1. The molecule has 0 bridgehead atoms. The van der Waals surface area contributed by atoms with Gasteiger partial charge in [0, 0.05) is 24.5 Å². The fraction of sp³-hybridized carbons (Fsp3) is 0.588. The van der Waals surface area contributed by atoms with Crippen LogP contribution in [0.25, 0.3) is 0 Å². The number of nitro benzene ring substituents is 1. The molecule has 0 atom stereocenters. The van der Waals surface area contributed by atoms with Crippen LogP contribution in [-0.4, -0.2) is 29.6 Å². The Morgan fingerprint density at radius 3 is 2.48 bits per heavy atom. The molecule has 0 aliphatic carbocycles. The average Bonchev–Trinajstić information content (AvgIpc) is 2.54. The molecule has 0 amide bonds. The molecule has 2 rings (SSSR count). The Kier molecular flexibility index (Phi) is 5.71. The number of benzene rings is 1. The monoisotopic (exact) mass is 320 g/mol. The third-order valence-electron chi connectivity index (χ3n) is 4.46. The molecule has 0 radical (unpaired) electrons. The number of esters is 1. The molecule has 1 aliphatic rings. The lowest BCUT2D eigenvalue weighted by Crippen LogP contribution is -2.42. The summed E-state index contributed by atoms with van der Waals surface area (Å²) >= 11 is 0. The van der Waals surface area contributed by atoms with Crippen LogP contribution in [0.1, 0.15) is 38.7 Å². The van der Waals surface area contributed by atoms with Crippen molar-refractivity contribution in [2.75, 3.05) is 13.1 Å². The van der Waals surface area contributed by atoms with Crippen LogP contribution < -0.4 is 5.32 Å². The lowest BCUT2D eigenvalue weighted by atomic mass is 9.83. The fourth-order valence-electron chi connectivity index (χ4n) is 2.98. The molecule has 6 heteroatoms. The molecule has 0 unspecified atom stereocenters. The number of carbonyl (C=O) groups excluding carboxylic acids is 1. The third-order valence-corrected chi connectivity index (χ3v) is 4.46. The highest BCUT2D eigenvalue weighted by Crippen LogP contribution is 2.29. The van der Waals surface area contributed by atoms with Crippen molar-refractivity contribution >= 4 is 11.7 Å². The summed E-state index contributed by atoms with van der Waals surface area (Å²) in [6.45, 7) is 5.89. The minimum atomic E-state index is -0.450. The highest BCUT2D eigenvalue weighted by molar-refractivity contribution is 5.70. The Hall–Kier alpha value is -1.95. The van der Waals surface area contributed by atoms with Crippen molar-refractivity contribution in [1.82, 2.24) is 5.32 Å². The Morgan fingerprint density at radius 2 is 1.91 bits per heavy atom. The van der Waals surface area contributed by atoms with Gasteiger partial charge in [-0.1, -0.05) is 12.1 Å². The standard InChI is InChI=1S/C17H24N2O4/c1-17(2,14-9-11-18-12-10-14)23-16(20)8-5-13-3-6-15(7-4-13)19(21)22/h3-4,6-7,14,18H,5,8-12H2,1-2H3. The number of piperidine rings is 1. The highest BCUT2D eigenvalue weighted by Gasteiger charge is 2.33. The van der Waals surface area contributed by atoms with Crippen LogP contribution in [0.5, 0.6) is 0 Å². The van der Waals surface area contributed by atoms with Gasteiger partial charge in [0.05, 0.1) is 4.92 Å². The molecular weight excluding hydrogens is 296 g/mol. The Labute approximate surface area is 136 Å². The molecule has 1 aliphatic heterocycles. The molecule has 1 aromatic rings. The number of carbonyl (C=O) groups is 1. The highest BCUT2D eigenvalue weighted by atomic mass is 16.6. The van der Waals surface area contributed by atoms with E-state index >= 15 is 0 Å². The van der Waals surface area contributed by atoms with E-state index in [2.05, 4.69) is 5.32 Å². The third kappa shape index (κ3) is 5.03. The summed E-state index contributed by atoms with van der Waals surface area (Å²) in [6.07, 6.45) is 2.84. The van der Waals surface area contributed by atoms with E-state index in [1.165, 1.54) is 12.1 Å². The van der Waals surface area contributed by atoms with Crippen molar-refractivity contribution in [3.63, 3.8) is 0 Å². The molecule has 1 aromatic carbocycles. The molecular formula is C17H24N2O4. The summed E-state index contributed by atoms with van der Waals surface area (Å²) in [4.78, 5) is 22.3. The number of non-ortho nitro benzene ring substituents is 1. The number of hydrogen-bond donors (Lipinski definition) is 1. The molecule has 1 N–H and O–H groups in total. The predicted octanol–water partition coefficient (Wildman–Crippen LogP) is 2.85. The van der Waals surface area contributed by atoms with E-state index in [1.807, 2.05) is 13.8 Å². The molecule has 126 valence electrons. The molecule has 0 aromatic heterocycles. The average molecular weight is 320 g/mol. The van der Waals surface area contributed by atoms with Gasteiger partial charge in [0.15, 0.2) is 0 Å². The second kappa shape index (κ2) is 7.55. The molecule has 6 nitrogen and oxygen atoms in total. The molecule has 1 saturated heterocycles. The van der Waals surface area contributed by atoms with Crippen molar-refractivity contribution in [2.24, 2.45) is 5.92 Å². The summed E-state index contributed by atoms with van der Waals surface area (Å²) in [7, 11) is 0.